The van der Waals surface area contributed by atoms with Crippen LogP contribution in [-0.4, -0.2) is 14.2 Å². The average Bonchev–Trinajstić information content (AvgIpc) is 2.47. The normalized spacial score (nSPS) is 12.2. The highest BCUT2D eigenvalue weighted by atomic mass is 35.5. The first-order valence-electron chi connectivity index (χ1n) is 6.49. The van der Waals surface area contributed by atoms with Gasteiger partial charge in [-0.25, -0.2) is 8.78 Å². The fourth-order valence-electron chi connectivity index (χ4n) is 2.19. The van der Waals surface area contributed by atoms with Crippen LogP contribution in [0.25, 0.3) is 0 Å². The predicted octanol–water partition coefficient (Wildman–Crippen LogP) is 4.13. The van der Waals surface area contributed by atoms with Gasteiger partial charge in [0.2, 0.25) is 0 Å². The monoisotopic (exact) mass is 311 g/mol. The lowest BCUT2D eigenvalue weighted by atomic mass is 9.98. The van der Waals surface area contributed by atoms with Crippen LogP contribution in [-0.2, 0) is 6.42 Å². The van der Waals surface area contributed by atoms with Gasteiger partial charge in [0.25, 0.3) is 0 Å². The molecule has 0 aliphatic carbocycles. The van der Waals surface area contributed by atoms with Crippen molar-refractivity contribution in [1.29, 1.82) is 0 Å². The van der Waals surface area contributed by atoms with E-state index in [0.29, 0.717) is 11.4 Å². The second-order valence-electron chi connectivity index (χ2n) is 4.68. The topological polar surface area (TPSA) is 21.3 Å². The smallest absolute Gasteiger partial charge is 0.165 e. The molecule has 112 valence electrons. The van der Waals surface area contributed by atoms with Crippen molar-refractivity contribution in [2.45, 2.75) is 12.5 Å². The first kappa shape index (κ1) is 15.7. The van der Waals surface area contributed by atoms with E-state index in [4.69, 9.17) is 16.3 Å². The van der Waals surface area contributed by atoms with Gasteiger partial charge in [0.15, 0.2) is 11.6 Å². The number of nitrogens with one attached hydrogen (secondary N) is 1. The van der Waals surface area contributed by atoms with Gasteiger partial charge >= 0.3 is 0 Å². The van der Waals surface area contributed by atoms with Crippen molar-refractivity contribution in [3.63, 3.8) is 0 Å². The average molecular weight is 312 g/mol. The first-order valence-corrected chi connectivity index (χ1v) is 6.87. The third kappa shape index (κ3) is 3.71. The maximum atomic E-state index is 13.5. The van der Waals surface area contributed by atoms with Crippen LogP contribution in [0, 0.1) is 11.6 Å². The Hall–Kier alpha value is -1.65. The molecule has 0 aliphatic rings. The molecule has 2 nitrogen and oxygen atoms in total. The highest BCUT2D eigenvalue weighted by Gasteiger charge is 2.15. The van der Waals surface area contributed by atoms with Crippen molar-refractivity contribution in [2.75, 3.05) is 14.2 Å². The highest BCUT2D eigenvalue weighted by Crippen LogP contribution is 2.27. The highest BCUT2D eigenvalue weighted by molar-refractivity contribution is 6.31. The summed E-state index contributed by atoms with van der Waals surface area (Å²) in [6.45, 7) is 0. The lowest BCUT2D eigenvalue weighted by Crippen LogP contribution is -2.19. The van der Waals surface area contributed by atoms with Crippen LogP contribution in [0.2, 0.25) is 5.02 Å². The van der Waals surface area contributed by atoms with Gasteiger partial charge in [-0.15, -0.1) is 0 Å². The van der Waals surface area contributed by atoms with E-state index in [2.05, 4.69) is 5.32 Å². The summed E-state index contributed by atoms with van der Waals surface area (Å²) in [6.07, 6.45) is 0.560. The van der Waals surface area contributed by atoms with Crippen molar-refractivity contribution in [1.82, 2.24) is 5.32 Å². The van der Waals surface area contributed by atoms with Crippen molar-refractivity contribution in [3.8, 4) is 5.75 Å². The van der Waals surface area contributed by atoms with Gasteiger partial charge in [-0.2, -0.15) is 0 Å². The summed E-state index contributed by atoms with van der Waals surface area (Å²) in [5.74, 6) is -0.581. The van der Waals surface area contributed by atoms with Gasteiger partial charge in [-0.05, 0) is 48.9 Å². The molecule has 0 aliphatic heterocycles. The number of hydrogen-bond acceptors (Lipinski definition) is 2. The van der Waals surface area contributed by atoms with Gasteiger partial charge in [-0.3, -0.25) is 0 Å². The molecule has 2 aromatic rings. The molecule has 0 fully saturated rings. The van der Waals surface area contributed by atoms with Crippen LogP contribution < -0.4 is 10.1 Å². The molecule has 2 rings (SSSR count). The van der Waals surface area contributed by atoms with E-state index in [1.165, 1.54) is 25.3 Å². The lowest BCUT2D eigenvalue weighted by Gasteiger charge is -2.18. The summed E-state index contributed by atoms with van der Waals surface area (Å²) < 4.78 is 31.5. The minimum absolute atomic E-state index is 0.0811. The number of methoxy groups -OCH3 is 1. The molecule has 1 atom stereocenters. The Morgan fingerprint density at radius 2 is 1.95 bits per heavy atom. The minimum atomic E-state index is -0.407. The molecule has 0 bridgehead atoms. The van der Waals surface area contributed by atoms with Crippen LogP contribution in [0.4, 0.5) is 8.78 Å². The summed E-state index contributed by atoms with van der Waals surface area (Å²) in [6, 6.07) is 8.94. The Morgan fingerprint density at radius 3 is 2.57 bits per heavy atom. The number of halogens is 3. The zero-order valence-electron chi connectivity index (χ0n) is 11.8. The maximum Gasteiger partial charge on any atom is 0.165 e. The van der Waals surface area contributed by atoms with Crippen molar-refractivity contribution >= 4 is 11.6 Å². The van der Waals surface area contributed by atoms with Crippen LogP contribution in [0.15, 0.2) is 36.4 Å². The summed E-state index contributed by atoms with van der Waals surface area (Å²) in [7, 11) is 3.23. The van der Waals surface area contributed by atoms with Crippen molar-refractivity contribution in [2.24, 2.45) is 0 Å². The SMILES string of the molecule is CNC(Cc1ccc(F)cc1Cl)c1ccc(F)c(OC)c1. The van der Waals surface area contributed by atoms with E-state index in [1.807, 2.05) is 0 Å². The van der Waals surface area contributed by atoms with Gasteiger partial charge < -0.3 is 10.1 Å². The Kier molecular flexibility index (Phi) is 5.15. The number of benzene rings is 2. The number of rotatable bonds is 5. The predicted molar refractivity (Wildman–Crippen MR) is 79.9 cm³/mol. The van der Waals surface area contributed by atoms with Crippen LogP contribution in [0.1, 0.15) is 17.2 Å². The molecule has 21 heavy (non-hydrogen) atoms. The van der Waals surface area contributed by atoms with Gasteiger partial charge in [-0.1, -0.05) is 23.7 Å². The molecule has 1 unspecified atom stereocenters. The Morgan fingerprint density at radius 1 is 1.19 bits per heavy atom. The second kappa shape index (κ2) is 6.87. The van der Waals surface area contributed by atoms with Crippen LogP contribution in [0.3, 0.4) is 0 Å². The van der Waals surface area contributed by atoms with E-state index >= 15 is 0 Å². The fourth-order valence-corrected chi connectivity index (χ4v) is 2.43. The van der Waals surface area contributed by atoms with E-state index in [9.17, 15) is 8.78 Å². The Balaban J connectivity index is 2.27. The molecule has 0 amide bonds. The molecular weight excluding hydrogens is 296 g/mol. The van der Waals surface area contributed by atoms with E-state index in [1.54, 1.807) is 25.2 Å². The lowest BCUT2D eigenvalue weighted by molar-refractivity contribution is 0.385. The Bertz CT molecular complexity index is 634. The zero-order chi connectivity index (χ0) is 15.4. The molecule has 1 N–H and O–H groups in total. The molecular formula is C16H16ClF2NO. The standard InChI is InChI=1S/C16H16ClF2NO/c1-20-15(7-10-3-5-12(18)9-13(10)17)11-4-6-14(19)16(8-11)21-2/h3-6,8-9,15,20H,7H2,1-2H3. The molecule has 0 aromatic heterocycles. The molecule has 2 aromatic carbocycles. The molecule has 0 spiro atoms. The molecule has 0 heterocycles. The Labute approximate surface area is 127 Å². The minimum Gasteiger partial charge on any atom is -0.494 e. The number of likely N-dealkylation sites (N-methyl/N-ethyl adjacent to an activating group) is 1. The summed E-state index contributed by atoms with van der Waals surface area (Å²) in [5.41, 5.74) is 1.69. The third-order valence-electron chi connectivity index (χ3n) is 3.37. The summed E-state index contributed by atoms with van der Waals surface area (Å²) in [5, 5.41) is 3.53. The van der Waals surface area contributed by atoms with Gasteiger partial charge in [0, 0.05) is 11.1 Å². The summed E-state index contributed by atoms with van der Waals surface area (Å²) in [4.78, 5) is 0. The maximum absolute atomic E-state index is 13.5. The van der Waals surface area contributed by atoms with E-state index in [0.717, 1.165) is 11.1 Å². The van der Waals surface area contributed by atoms with Gasteiger partial charge in [0.05, 0.1) is 7.11 Å². The number of ether oxygens (including phenoxy) is 1. The fraction of sp³-hybridized carbons (Fsp3) is 0.250. The number of hydrogen-bond donors (Lipinski definition) is 1. The zero-order valence-corrected chi connectivity index (χ0v) is 12.5. The first-order chi connectivity index (χ1) is 10.0. The van der Waals surface area contributed by atoms with E-state index < -0.39 is 5.82 Å². The van der Waals surface area contributed by atoms with Crippen LogP contribution in [0.5, 0.6) is 5.75 Å². The van der Waals surface area contributed by atoms with E-state index in [-0.39, 0.29) is 17.6 Å². The van der Waals surface area contributed by atoms with Crippen LogP contribution >= 0.6 is 11.6 Å². The van der Waals surface area contributed by atoms with Crippen molar-refractivity contribution < 1.29 is 13.5 Å². The van der Waals surface area contributed by atoms with Crippen molar-refractivity contribution in [3.05, 3.63) is 64.2 Å². The molecule has 0 saturated carbocycles. The molecule has 5 heteroatoms. The third-order valence-corrected chi connectivity index (χ3v) is 3.72. The van der Waals surface area contributed by atoms with Gasteiger partial charge in [0.1, 0.15) is 5.82 Å². The molecule has 0 radical (unpaired) electrons. The largest absolute Gasteiger partial charge is 0.494 e. The summed E-state index contributed by atoms with van der Waals surface area (Å²) >= 11 is 6.05. The molecule has 0 saturated heterocycles. The quantitative estimate of drug-likeness (QED) is 0.896. The second-order valence-corrected chi connectivity index (χ2v) is 5.08.